The van der Waals surface area contributed by atoms with Gasteiger partial charge in [0.1, 0.15) is 0 Å². The minimum Gasteiger partial charge on any atom is -0.383 e. The van der Waals surface area contributed by atoms with Gasteiger partial charge in [0.15, 0.2) is 0 Å². The number of anilines is 1. The van der Waals surface area contributed by atoms with Gasteiger partial charge in [-0.2, -0.15) is 0 Å². The Morgan fingerprint density at radius 1 is 1.12 bits per heavy atom. The number of hydrogen-bond donors (Lipinski definition) is 0. The van der Waals surface area contributed by atoms with Crippen LogP contribution < -0.4 is 4.90 Å². The molecule has 0 aliphatic carbocycles. The van der Waals surface area contributed by atoms with Crippen molar-refractivity contribution in [2.24, 2.45) is 0 Å². The molecule has 0 bridgehead atoms. The molecule has 4 heteroatoms. The summed E-state index contributed by atoms with van der Waals surface area (Å²) in [7, 11) is 3.40. The van der Waals surface area contributed by atoms with E-state index >= 15 is 0 Å². The van der Waals surface area contributed by atoms with Crippen molar-refractivity contribution in [1.29, 1.82) is 0 Å². The lowest BCUT2D eigenvalue weighted by Crippen LogP contribution is -2.30. The Morgan fingerprint density at radius 2 is 1.75 bits per heavy atom. The number of ether oxygens (including phenoxy) is 2. The quantitative estimate of drug-likeness (QED) is 0.734. The lowest BCUT2D eigenvalue weighted by atomic mass is 10.3. The zero-order chi connectivity index (χ0) is 11.8. The summed E-state index contributed by atoms with van der Waals surface area (Å²) in [6.07, 6.45) is 0. The summed E-state index contributed by atoms with van der Waals surface area (Å²) < 4.78 is 10.2. The number of nitrogens with zero attached hydrogens (tertiary/aromatic N) is 1. The van der Waals surface area contributed by atoms with Gasteiger partial charge < -0.3 is 14.4 Å². The second-order valence-electron chi connectivity index (χ2n) is 3.45. The third kappa shape index (κ3) is 4.39. The third-order valence-electron chi connectivity index (χ3n) is 2.30. The SMILES string of the molecule is COCCN(CCOC)c1cccc(Cl)c1. The Morgan fingerprint density at radius 3 is 2.25 bits per heavy atom. The minimum atomic E-state index is 0.691. The van der Waals surface area contributed by atoms with Crippen molar-refractivity contribution in [3.8, 4) is 0 Å². The molecule has 90 valence electrons. The van der Waals surface area contributed by atoms with E-state index in [0.29, 0.717) is 13.2 Å². The predicted molar refractivity (Wildman–Crippen MR) is 67.4 cm³/mol. The lowest BCUT2D eigenvalue weighted by Gasteiger charge is -2.24. The molecule has 0 aliphatic heterocycles. The summed E-state index contributed by atoms with van der Waals surface area (Å²) in [5.41, 5.74) is 1.10. The van der Waals surface area contributed by atoms with Crippen LogP contribution in [0.25, 0.3) is 0 Å². The highest BCUT2D eigenvalue weighted by Gasteiger charge is 2.06. The highest BCUT2D eigenvalue weighted by Crippen LogP contribution is 2.19. The van der Waals surface area contributed by atoms with E-state index in [4.69, 9.17) is 21.1 Å². The van der Waals surface area contributed by atoms with Crippen molar-refractivity contribution >= 4 is 17.3 Å². The first kappa shape index (κ1) is 13.3. The van der Waals surface area contributed by atoms with Crippen LogP contribution in [-0.4, -0.2) is 40.5 Å². The van der Waals surface area contributed by atoms with Crippen molar-refractivity contribution in [3.05, 3.63) is 29.3 Å². The molecule has 1 rings (SSSR count). The van der Waals surface area contributed by atoms with Gasteiger partial charge >= 0.3 is 0 Å². The summed E-state index contributed by atoms with van der Waals surface area (Å²) in [5, 5.41) is 0.748. The highest BCUT2D eigenvalue weighted by atomic mass is 35.5. The van der Waals surface area contributed by atoms with Gasteiger partial charge in [-0.15, -0.1) is 0 Å². The monoisotopic (exact) mass is 243 g/mol. The van der Waals surface area contributed by atoms with E-state index < -0.39 is 0 Å². The van der Waals surface area contributed by atoms with E-state index in [1.165, 1.54) is 0 Å². The minimum absolute atomic E-state index is 0.691. The molecule has 0 radical (unpaired) electrons. The number of hydrogen-bond acceptors (Lipinski definition) is 3. The van der Waals surface area contributed by atoms with Crippen molar-refractivity contribution < 1.29 is 9.47 Å². The Labute approximate surface area is 102 Å². The Hall–Kier alpha value is -0.770. The molecule has 1 aromatic carbocycles. The summed E-state index contributed by atoms with van der Waals surface area (Å²) in [6.45, 7) is 3.05. The number of halogens is 1. The molecule has 1 aromatic rings. The molecule has 0 heterocycles. The first-order valence-corrected chi connectivity index (χ1v) is 5.64. The fourth-order valence-electron chi connectivity index (χ4n) is 1.45. The molecule has 0 aromatic heterocycles. The maximum atomic E-state index is 5.97. The maximum absolute atomic E-state index is 5.97. The van der Waals surface area contributed by atoms with Gasteiger partial charge in [0, 0.05) is 38.0 Å². The summed E-state index contributed by atoms with van der Waals surface area (Å²) in [5.74, 6) is 0. The van der Waals surface area contributed by atoms with E-state index in [1.807, 2.05) is 24.3 Å². The first-order chi connectivity index (χ1) is 7.77. The standard InChI is InChI=1S/C12H18ClNO2/c1-15-8-6-14(7-9-16-2)12-5-3-4-11(13)10-12/h3-5,10H,6-9H2,1-2H3. The maximum Gasteiger partial charge on any atom is 0.0637 e. The van der Waals surface area contributed by atoms with Crippen molar-refractivity contribution in [2.75, 3.05) is 45.4 Å². The fourth-order valence-corrected chi connectivity index (χ4v) is 1.63. The van der Waals surface area contributed by atoms with Gasteiger partial charge in [-0.05, 0) is 18.2 Å². The molecule has 0 spiro atoms. The largest absolute Gasteiger partial charge is 0.383 e. The molecule has 16 heavy (non-hydrogen) atoms. The summed E-state index contributed by atoms with van der Waals surface area (Å²) in [6, 6.07) is 7.81. The molecule has 0 fully saturated rings. The zero-order valence-corrected chi connectivity index (χ0v) is 10.5. The van der Waals surface area contributed by atoms with Crippen LogP contribution in [0.1, 0.15) is 0 Å². The average Bonchev–Trinajstić information content (AvgIpc) is 2.29. The Kier molecular flexibility index (Phi) is 6.23. The van der Waals surface area contributed by atoms with Crippen molar-refractivity contribution in [1.82, 2.24) is 0 Å². The summed E-state index contributed by atoms with van der Waals surface area (Å²) in [4.78, 5) is 2.19. The molecule has 0 aliphatic rings. The zero-order valence-electron chi connectivity index (χ0n) is 9.78. The van der Waals surface area contributed by atoms with Gasteiger partial charge in [0.2, 0.25) is 0 Å². The molecular weight excluding hydrogens is 226 g/mol. The molecule has 0 unspecified atom stereocenters. The molecule has 0 amide bonds. The van der Waals surface area contributed by atoms with E-state index in [1.54, 1.807) is 14.2 Å². The average molecular weight is 244 g/mol. The predicted octanol–water partition coefficient (Wildman–Crippen LogP) is 2.44. The van der Waals surface area contributed by atoms with E-state index in [2.05, 4.69) is 4.90 Å². The Bertz CT molecular complexity index is 299. The highest BCUT2D eigenvalue weighted by molar-refractivity contribution is 6.30. The van der Waals surface area contributed by atoms with Gasteiger partial charge in [-0.25, -0.2) is 0 Å². The smallest absolute Gasteiger partial charge is 0.0637 e. The number of rotatable bonds is 7. The number of methoxy groups -OCH3 is 2. The second kappa shape index (κ2) is 7.49. The van der Waals surface area contributed by atoms with Crippen molar-refractivity contribution in [3.63, 3.8) is 0 Å². The van der Waals surface area contributed by atoms with Gasteiger partial charge in [0.25, 0.3) is 0 Å². The van der Waals surface area contributed by atoms with Gasteiger partial charge in [-0.1, -0.05) is 17.7 Å². The van der Waals surface area contributed by atoms with Crippen LogP contribution in [0.15, 0.2) is 24.3 Å². The Balaban J connectivity index is 2.66. The lowest BCUT2D eigenvalue weighted by molar-refractivity contribution is 0.190. The molecule has 0 saturated carbocycles. The fraction of sp³-hybridized carbons (Fsp3) is 0.500. The van der Waals surface area contributed by atoms with E-state index in [-0.39, 0.29) is 0 Å². The van der Waals surface area contributed by atoms with Crippen LogP contribution in [0, 0.1) is 0 Å². The second-order valence-corrected chi connectivity index (χ2v) is 3.89. The van der Waals surface area contributed by atoms with Crippen LogP contribution >= 0.6 is 11.6 Å². The van der Waals surface area contributed by atoms with Crippen LogP contribution in [0.5, 0.6) is 0 Å². The molecule has 0 saturated heterocycles. The third-order valence-corrected chi connectivity index (χ3v) is 2.54. The molecule has 0 atom stereocenters. The van der Waals surface area contributed by atoms with Crippen molar-refractivity contribution in [2.45, 2.75) is 0 Å². The van der Waals surface area contributed by atoms with E-state index in [9.17, 15) is 0 Å². The number of benzene rings is 1. The van der Waals surface area contributed by atoms with Gasteiger partial charge in [-0.3, -0.25) is 0 Å². The topological polar surface area (TPSA) is 21.7 Å². The van der Waals surface area contributed by atoms with Gasteiger partial charge in [0.05, 0.1) is 13.2 Å². The summed E-state index contributed by atoms with van der Waals surface area (Å²) >= 11 is 5.97. The van der Waals surface area contributed by atoms with Crippen LogP contribution in [0.3, 0.4) is 0 Å². The molecule has 3 nitrogen and oxygen atoms in total. The van der Waals surface area contributed by atoms with E-state index in [0.717, 1.165) is 23.8 Å². The van der Waals surface area contributed by atoms with Crippen LogP contribution in [-0.2, 0) is 9.47 Å². The molecular formula is C12H18ClNO2. The molecule has 0 N–H and O–H groups in total. The normalized spacial score (nSPS) is 10.4. The van der Waals surface area contributed by atoms with Crippen LogP contribution in [0.2, 0.25) is 5.02 Å². The van der Waals surface area contributed by atoms with Crippen LogP contribution in [0.4, 0.5) is 5.69 Å². The first-order valence-electron chi connectivity index (χ1n) is 5.26.